The lowest BCUT2D eigenvalue weighted by atomic mass is 9.96. The van der Waals surface area contributed by atoms with Crippen molar-refractivity contribution < 1.29 is 9.32 Å². The van der Waals surface area contributed by atoms with Crippen LogP contribution in [-0.4, -0.2) is 17.2 Å². The van der Waals surface area contributed by atoms with Crippen molar-refractivity contribution in [3.8, 4) is 0 Å². The first-order valence-corrected chi connectivity index (χ1v) is 5.78. The van der Waals surface area contributed by atoms with Crippen molar-refractivity contribution in [2.75, 3.05) is 0 Å². The number of nitrogens with one attached hydrogen (secondary N) is 2. The quantitative estimate of drug-likeness (QED) is 0.821. The summed E-state index contributed by atoms with van der Waals surface area (Å²) < 4.78 is 4.88. The second-order valence-corrected chi connectivity index (χ2v) is 4.14. The highest BCUT2D eigenvalue weighted by Gasteiger charge is 2.15. The highest BCUT2D eigenvalue weighted by Crippen LogP contribution is 2.17. The van der Waals surface area contributed by atoms with Gasteiger partial charge in [-0.2, -0.15) is 0 Å². The lowest BCUT2D eigenvalue weighted by molar-refractivity contribution is 0.230. The number of aromatic nitrogens is 1. The molecule has 5 nitrogen and oxygen atoms in total. The molecule has 0 atom stereocenters. The van der Waals surface area contributed by atoms with E-state index in [0.29, 0.717) is 18.3 Å². The highest BCUT2D eigenvalue weighted by atomic mass is 16.5. The number of amides is 2. The molecule has 16 heavy (non-hydrogen) atoms. The zero-order valence-electron chi connectivity index (χ0n) is 9.24. The predicted molar refractivity (Wildman–Crippen MR) is 58.7 cm³/mol. The molecule has 2 amide bonds. The molecule has 1 aromatic heterocycles. The van der Waals surface area contributed by atoms with Gasteiger partial charge in [-0.3, -0.25) is 0 Å². The first-order valence-electron chi connectivity index (χ1n) is 5.78. The second-order valence-electron chi connectivity index (χ2n) is 4.14. The fraction of sp³-hybridized carbons (Fsp3) is 0.636. The molecular formula is C11H17N3O2. The van der Waals surface area contributed by atoms with Crippen molar-refractivity contribution in [3.63, 3.8) is 0 Å². The van der Waals surface area contributed by atoms with Gasteiger partial charge >= 0.3 is 6.03 Å². The van der Waals surface area contributed by atoms with Crippen molar-refractivity contribution in [1.29, 1.82) is 0 Å². The Balaban J connectivity index is 1.67. The highest BCUT2D eigenvalue weighted by molar-refractivity contribution is 5.74. The first-order chi connectivity index (χ1) is 7.84. The summed E-state index contributed by atoms with van der Waals surface area (Å²) >= 11 is 0. The Kier molecular flexibility index (Phi) is 3.80. The summed E-state index contributed by atoms with van der Waals surface area (Å²) in [6.07, 6.45) is 7.47. The molecule has 1 aromatic rings. The number of rotatable bonds is 3. The lowest BCUT2D eigenvalue weighted by Crippen LogP contribution is -2.42. The third-order valence-corrected chi connectivity index (χ3v) is 2.85. The predicted octanol–water partition coefficient (Wildman–Crippen LogP) is 1.81. The molecule has 1 fully saturated rings. The second kappa shape index (κ2) is 5.53. The Hall–Kier alpha value is -1.52. The maximum absolute atomic E-state index is 11.5. The third kappa shape index (κ3) is 3.25. The van der Waals surface area contributed by atoms with Crippen LogP contribution in [0.1, 0.15) is 37.9 Å². The summed E-state index contributed by atoms with van der Waals surface area (Å²) in [6.45, 7) is 0.387. The van der Waals surface area contributed by atoms with Crippen molar-refractivity contribution in [1.82, 2.24) is 15.8 Å². The van der Waals surface area contributed by atoms with Gasteiger partial charge in [0.1, 0.15) is 0 Å². The molecule has 0 spiro atoms. The maximum Gasteiger partial charge on any atom is 0.315 e. The Labute approximate surface area is 94.6 Å². The number of carbonyl (C=O) groups excluding carboxylic acids is 1. The van der Waals surface area contributed by atoms with E-state index < -0.39 is 0 Å². The third-order valence-electron chi connectivity index (χ3n) is 2.85. The van der Waals surface area contributed by atoms with Gasteiger partial charge in [0.2, 0.25) is 0 Å². The minimum absolute atomic E-state index is 0.122. The molecule has 5 heteroatoms. The maximum atomic E-state index is 11.5. The molecule has 0 aromatic carbocycles. The fourth-order valence-corrected chi connectivity index (χ4v) is 1.98. The largest absolute Gasteiger partial charge is 0.360 e. The zero-order chi connectivity index (χ0) is 11.2. The summed E-state index contributed by atoms with van der Waals surface area (Å²) in [5.41, 5.74) is 0. The topological polar surface area (TPSA) is 67.2 Å². The average molecular weight is 223 g/mol. The van der Waals surface area contributed by atoms with Crippen molar-refractivity contribution in [3.05, 3.63) is 18.0 Å². The van der Waals surface area contributed by atoms with E-state index >= 15 is 0 Å². The summed E-state index contributed by atoms with van der Waals surface area (Å²) in [4.78, 5) is 11.5. The van der Waals surface area contributed by atoms with E-state index in [9.17, 15) is 4.79 Å². The summed E-state index contributed by atoms with van der Waals surface area (Å²) in [5, 5.41) is 9.29. The number of nitrogens with zero attached hydrogens (tertiary/aromatic N) is 1. The van der Waals surface area contributed by atoms with E-state index in [2.05, 4.69) is 15.8 Å². The van der Waals surface area contributed by atoms with Crippen LogP contribution in [0.15, 0.2) is 16.8 Å². The Bertz CT molecular complexity index is 318. The Morgan fingerprint density at radius 2 is 2.25 bits per heavy atom. The molecule has 1 aliphatic rings. The van der Waals surface area contributed by atoms with Gasteiger partial charge in [0.25, 0.3) is 0 Å². The molecule has 2 rings (SSSR count). The molecule has 0 aliphatic heterocycles. The van der Waals surface area contributed by atoms with Crippen LogP contribution in [0.5, 0.6) is 0 Å². The molecular weight excluding hydrogens is 206 g/mol. The number of carbonyl (C=O) groups is 1. The van der Waals surface area contributed by atoms with Gasteiger partial charge in [-0.15, -0.1) is 0 Å². The lowest BCUT2D eigenvalue weighted by Gasteiger charge is -2.22. The first kappa shape index (κ1) is 11.0. The SMILES string of the molecule is O=C(NCc1ccno1)NC1CCCCC1. The van der Waals surface area contributed by atoms with Crippen LogP contribution in [0.25, 0.3) is 0 Å². The van der Waals surface area contributed by atoms with Crippen LogP contribution in [-0.2, 0) is 6.54 Å². The summed E-state index contributed by atoms with van der Waals surface area (Å²) in [5.74, 6) is 0.666. The fourth-order valence-electron chi connectivity index (χ4n) is 1.98. The van der Waals surface area contributed by atoms with Crippen molar-refractivity contribution in [2.24, 2.45) is 0 Å². The van der Waals surface area contributed by atoms with E-state index in [-0.39, 0.29) is 6.03 Å². The summed E-state index contributed by atoms with van der Waals surface area (Å²) in [7, 11) is 0. The van der Waals surface area contributed by atoms with E-state index in [1.54, 1.807) is 12.3 Å². The smallest absolute Gasteiger partial charge is 0.315 e. The molecule has 2 N–H and O–H groups in total. The van der Waals surface area contributed by atoms with Crippen LogP contribution in [0.3, 0.4) is 0 Å². The Morgan fingerprint density at radius 3 is 2.94 bits per heavy atom. The van der Waals surface area contributed by atoms with E-state index in [1.807, 2.05) is 0 Å². The van der Waals surface area contributed by atoms with E-state index in [4.69, 9.17) is 4.52 Å². The van der Waals surface area contributed by atoms with Crippen molar-refractivity contribution in [2.45, 2.75) is 44.7 Å². The molecule has 0 saturated heterocycles. The minimum atomic E-state index is -0.122. The molecule has 88 valence electrons. The van der Waals surface area contributed by atoms with Crippen molar-refractivity contribution >= 4 is 6.03 Å². The molecule has 0 radical (unpaired) electrons. The molecule has 1 heterocycles. The standard InChI is InChI=1S/C11H17N3O2/c15-11(12-8-10-6-7-13-16-10)14-9-4-2-1-3-5-9/h6-7,9H,1-5,8H2,(H2,12,14,15). The molecule has 0 bridgehead atoms. The number of hydrogen-bond acceptors (Lipinski definition) is 3. The monoisotopic (exact) mass is 223 g/mol. The average Bonchev–Trinajstić information content (AvgIpc) is 2.81. The van der Waals surface area contributed by atoms with Gasteiger partial charge in [0.15, 0.2) is 5.76 Å². The van der Waals surface area contributed by atoms with Crippen LogP contribution in [0, 0.1) is 0 Å². The van der Waals surface area contributed by atoms with Gasteiger partial charge in [0.05, 0.1) is 12.7 Å². The van der Waals surface area contributed by atoms with Gasteiger partial charge in [-0.1, -0.05) is 24.4 Å². The van der Waals surface area contributed by atoms with Gasteiger partial charge in [0, 0.05) is 12.1 Å². The normalized spacial score (nSPS) is 17.0. The molecule has 0 unspecified atom stereocenters. The minimum Gasteiger partial charge on any atom is -0.360 e. The van der Waals surface area contributed by atoms with E-state index in [0.717, 1.165) is 12.8 Å². The van der Waals surface area contributed by atoms with Crippen LogP contribution in [0.4, 0.5) is 4.79 Å². The number of urea groups is 1. The van der Waals surface area contributed by atoms with Gasteiger partial charge < -0.3 is 15.2 Å². The Morgan fingerprint density at radius 1 is 1.44 bits per heavy atom. The molecule has 1 aliphatic carbocycles. The number of hydrogen-bond donors (Lipinski definition) is 2. The van der Waals surface area contributed by atoms with Crippen LogP contribution in [0.2, 0.25) is 0 Å². The van der Waals surface area contributed by atoms with Crippen LogP contribution >= 0.6 is 0 Å². The van der Waals surface area contributed by atoms with Gasteiger partial charge in [-0.05, 0) is 12.8 Å². The van der Waals surface area contributed by atoms with Crippen LogP contribution < -0.4 is 10.6 Å². The van der Waals surface area contributed by atoms with Gasteiger partial charge in [-0.25, -0.2) is 4.79 Å². The zero-order valence-corrected chi connectivity index (χ0v) is 9.24. The summed E-state index contributed by atoms with van der Waals surface area (Å²) in [6, 6.07) is 1.95. The molecule has 1 saturated carbocycles. The van der Waals surface area contributed by atoms with E-state index in [1.165, 1.54) is 19.3 Å².